The zero-order chi connectivity index (χ0) is 12.2. The average molecular weight is 234 g/mol. The fourth-order valence-electron chi connectivity index (χ4n) is 1.03. The zero-order valence-corrected chi connectivity index (χ0v) is 8.38. The Hall–Kier alpha value is -1.72. The molecule has 0 bridgehead atoms. The first-order chi connectivity index (χ1) is 7.45. The third-order valence-electron chi connectivity index (χ3n) is 1.65. The number of hydrogen-bond acceptors (Lipinski definition) is 3. The monoisotopic (exact) mass is 234 g/mol. The minimum Gasteiger partial charge on any atom is -0.434 e. The van der Waals surface area contributed by atoms with E-state index in [2.05, 4.69) is 9.47 Å². The van der Waals surface area contributed by atoms with Crippen LogP contribution >= 0.6 is 0 Å². The van der Waals surface area contributed by atoms with Crippen molar-refractivity contribution in [2.75, 3.05) is 6.61 Å². The van der Waals surface area contributed by atoms with E-state index >= 15 is 0 Å². The van der Waals surface area contributed by atoms with Gasteiger partial charge in [0.05, 0.1) is 12.2 Å². The van der Waals surface area contributed by atoms with Crippen LogP contribution in [0, 0.1) is 0 Å². The molecule has 0 heterocycles. The van der Waals surface area contributed by atoms with Crippen molar-refractivity contribution in [2.45, 2.75) is 13.1 Å². The van der Waals surface area contributed by atoms with E-state index in [1.54, 1.807) is 0 Å². The Bertz CT molecular complexity index is 374. The van der Waals surface area contributed by atoms with Gasteiger partial charge in [0.15, 0.2) is 0 Å². The molecule has 0 saturated heterocycles. The van der Waals surface area contributed by atoms with Crippen molar-refractivity contribution in [1.29, 1.82) is 0 Å². The number of carbonyl (C=O) groups is 1. The number of alkyl halides is 3. The highest BCUT2D eigenvalue weighted by molar-refractivity contribution is 5.64. The zero-order valence-electron chi connectivity index (χ0n) is 8.38. The summed E-state index contributed by atoms with van der Waals surface area (Å²) in [5.74, 6) is -0.562. The van der Waals surface area contributed by atoms with Gasteiger partial charge in [0.2, 0.25) is 0 Å². The summed E-state index contributed by atoms with van der Waals surface area (Å²) >= 11 is 0. The number of para-hydroxylation sites is 1. The van der Waals surface area contributed by atoms with Crippen molar-refractivity contribution in [3.05, 3.63) is 29.8 Å². The molecule has 1 aromatic rings. The van der Waals surface area contributed by atoms with Crippen LogP contribution in [0.3, 0.4) is 0 Å². The molecule has 0 unspecified atom stereocenters. The molecule has 0 amide bonds. The Balaban J connectivity index is 2.92. The summed E-state index contributed by atoms with van der Waals surface area (Å²) in [6, 6.07) is 4.43. The second kappa shape index (κ2) is 4.87. The van der Waals surface area contributed by atoms with Crippen LogP contribution in [0.25, 0.3) is 0 Å². The molecule has 0 aromatic heterocycles. The van der Waals surface area contributed by atoms with E-state index in [-0.39, 0.29) is 6.61 Å². The molecule has 0 aliphatic rings. The van der Waals surface area contributed by atoms with Crippen LogP contribution in [-0.2, 0) is 10.9 Å². The highest BCUT2D eigenvalue weighted by Gasteiger charge is 2.34. The van der Waals surface area contributed by atoms with Crippen molar-refractivity contribution in [3.8, 4) is 5.75 Å². The third-order valence-corrected chi connectivity index (χ3v) is 1.65. The van der Waals surface area contributed by atoms with Crippen molar-refractivity contribution >= 4 is 6.16 Å². The van der Waals surface area contributed by atoms with Crippen LogP contribution in [0.5, 0.6) is 5.75 Å². The molecule has 0 saturated carbocycles. The topological polar surface area (TPSA) is 35.5 Å². The molecule has 0 N–H and O–H groups in total. The first-order valence-electron chi connectivity index (χ1n) is 4.46. The fraction of sp³-hybridized carbons (Fsp3) is 0.300. The maximum atomic E-state index is 12.5. The van der Waals surface area contributed by atoms with Gasteiger partial charge in [-0.05, 0) is 19.1 Å². The van der Waals surface area contributed by atoms with Gasteiger partial charge in [-0.3, -0.25) is 0 Å². The van der Waals surface area contributed by atoms with E-state index in [4.69, 9.17) is 0 Å². The molecule has 1 rings (SSSR count). The van der Waals surface area contributed by atoms with Crippen LogP contribution in [0.2, 0.25) is 0 Å². The van der Waals surface area contributed by atoms with Gasteiger partial charge >= 0.3 is 12.3 Å². The summed E-state index contributed by atoms with van der Waals surface area (Å²) in [7, 11) is 0. The largest absolute Gasteiger partial charge is 0.513 e. The molecule has 6 heteroatoms. The molecule has 88 valence electrons. The molecule has 0 radical (unpaired) electrons. The van der Waals surface area contributed by atoms with Gasteiger partial charge in [0.1, 0.15) is 5.75 Å². The van der Waals surface area contributed by atoms with Crippen LogP contribution in [0.1, 0.15) is 12.5 Å². The summed E-state index contributed by atoms with van der Waals surface area (Å²) in [5.41, 5.74) is -1.01. The van der Waals surface area contributed by atoms with Crippen molar-refractivity contribution in [3.63, 3.8) is 0 Å². The third kappa shape index (κ3) is 3.15. The summed E-state index contributed by atoms with van der Waals surface area (Å²) in [6.07, 6.45) is -5.72. The molecule has 0 spiro atoms. The molecule has 3 nitrogen and oxygen atoms in total. The van der Waals surface area contributed by atoms with E-state index in [0.717, 1.165) is 12.1 Å². The lowest BCUT2D eigenvalue weighted by molar-refractivity contribution is -0.138. The first kappa shape index (κ1) is 12.4. The fourth-order valence-corrected chi connectivity index (χ4v) is 1.03. The molecule has 0 aliphatic heterocycles. The maximum Gasteiger partial charge on any atom is 0.513 e. The van der Waals surface area contributed by atoms with Gasteiger partial charge in [-0.15, -0.1) is 0 Å². The summed E-state index contributed by atoms with van der Waals surface area (Å²) in [5, 5.41) is 0. The Morgan fingerprint density at radius 1 is 1.31 bits per heavy atom. The average Bonchev–Trinajstić information content (AvgIpc) is 2.17. The van der Waals surface area contributed by atoms with Gasteiger partial charge in [0.25, 0.3) is 0 Å². The number of ether oxygens (including phenoxy) is 2. The van der Waals surface area contributed by atoms with E-state index < -0.39 is 23.6 Å². The van der Waals surface area contributed by atoms with Gasteiger partial charge in [-0.25, -0.2) is 4.79 Å². The number of carbonyl (C=O) groups excluding carboxylic acids is 1. The van der Waals surface area contributed by atoms with Crippen LogP contribution in [0.15, 0.2) is 24.3 Å². The second-order valence-corrected chi connectivity index (χ2v) is 2.78. The van der Waals surface area contributed by atoms with E-state index in [1.807, 2.05) is 0 Å². The first-order valence-corrected chi connectivity index (χ1v) is 4.46. The quantitative estimate of drug-likeness (QED) is 0.582. The van der Waals surface area contributed by atoms with Gasteiger partial charge in [0, 0.05) is 0 Å². The van der Waals surface area contributed by atoms with Crippen LogP contribution < -0.4 is 4.74 Å². The van der Waals surface area contributed by atoms with E-state index in [0.29, 0.717) is 0 Å². The number of hydrogen-bond donors (Lipinski definition) is 0. The standard InChI is InChI=1S/C10H9F3O3/c1-2-15-9(14)16-8-6-4-3-5-7(8)10(11,12)13/h3-6H,2H2,1H3. The smallest absolute Gasteiger partial charge is 0.434 e. The Labute approximate surface area is 89.8 Å². The summed E-state index contributed by atoms with van der Waals surface area (Å²) in [4.78, 5) is 10.9. The lowest BCUT2D eigenvalue weighted by Gasteiger charge is -2.11. The highest BCUT2D eigenvalue weighted by atomic mass is 19.4. The number of halogens is 3. The van der Waals surface area contributed by atoms with Crippen LogP contribution in [-0.4, -0.2) is 12.8 Å². The predicted molar refractivity (Wildman–Crippen MR) is 49.1 cm³/mol. The molecule has 16 heavy (non-hydrogen) atoms. The Kier molecular flexibility index (Phi) is 3.76. The van der Waals surface area contributed by atoms with Gasteiger partial charge < -0.3 is 9.47 Å². The van der Waals surface area contributed by atoms with Gasteiger partial charge in [-0.2, -0.15) is 13.2 Å². The summed E-state index contributed by atoms with van der Waals surface area (Å²) < 4.78 is 46.2. The van der Waals surface area contributed by atoms with Crippen molar-refractivity contribution < 1.29 is 27.4 Å². The minimum atomic E-state index is -4.57. The van der Waals surface area contributed by atoms with Gasteiger partial charge in [-0.1, -0.05) is 12.1 Å². The highest BCUT2D eigenvalue weighted by Crippen LogP contribution is 2.35. The molecule has 0 atom stereocenters. The van der Waals surface area contributed by atoms with E-state index in [1.165, 1.54) is 19.1 Å². The van der Waals surface area contributed by atoms with E-state index in [9.17, 15) is 18.0 Å². The molecule has 1 aromatic carbocycles. The second-order valence-electron chi connectivity index (χ2n) is 2.78. The molecule has 0 aliphatic carbocycles. The van der Waals surface area contributed by atoms with Crippen molar-refractivity contribution in [1.82, 2.24) is 0 Å². The SMILES string of the molecule is CCOC(=O)Oc1ccccc1C(F)(F)F. The molecular formula is C10H9F3O3. The predicted octanol–water partition coefficient (Wildman–Crippen LogP) is 3.24. The normalized spacial score (nSPS) is 11.0. The number of rotatable bonds is 2. The Morgan fingerprint density at radius 3 is 2.50 bits per heavy atom. The minimum absolute atomic E-state index is 0.0347. The number of benzene rings is 1. The lowest BCUT2D eigenvalue weighted by atomic mass is 10.2. The van der Waals surface area contributed by atoms with Crippen LogP contribution in [0.4, 0.5) is 18.0 Å². The molecular weight excluding hydrogens is 225 g/mol. The maximum absolute atomic E-state index is 12.5. The Morgan fingerprint density at radius 2 is 1.94 bits per heavy atom. The summed E-state index contributed by atoms with van der Waals surface area (Å²) in [6.45, 7) is 1.56. The van der Waals surface area contributed by atoms with Crippen molar-refractivity contribution in [2.24, 2.45) is 0 Å². The lowest BCUT2D eigenvalue weighted by Crippen LogP contribution is -2.14. The molecule has 0 fully saturated rings.